The Kier molecular flexibility index (Phi) is 4.13. The van der Waals surface area contributed by atoms with Gasteiger partial charge in [0.1, 0.15) is 18.2 Å². The fourth-order valence-corrected chi connectivity index (χ4v) is 3.93. The number of ether oxygens (including phenoxy) is 1. The Balaban J connectivity index is 1.99. The minimum Gasteiger partial charge on any atom is -0.490 e. The van der Waals surface area contributed by atoms with E-state index in [1.54, 1.807) is 19.9 Å². The summed E-state index contributed by atoms with van der Waals surface area (Å²) in [5, 5.41) is 0. The smallest absolute Gasteiger partial charge is 0.262 e. The first-order chi connectivity index (χ1) is 11.3. The van der Waals surface area contributed by atoms with E-state index in [4.69, 9.17) is 4.74 Å². The van der Waals surface area contributed by atoms with E-state index in [1.807, 2.05) is 11.9 Å². The van der Waals surface area contributed by atoms with Crippen LogP contribution in [0.25, 0.3) is 0 Å². The van der Waals surface area contributed by atoms with Crippen molar-refractivity contribution in [3.8, 4) is 5.75 Å². The lowest BCUT2D eigenvalue weighted by Gasteiger charge is -2.28. The Morgan fingerprint density at radius 2 is 1.92 bits per heavy atom. The van der Waals surface area contributed by atoms with Crippen molar-refractivity contribution < 1.29 is 17.5 Å². The number of anilines is 2. The zero-order valence-electron chi connectivity index (χ0n) is 13.8. The van der Waals surface area contributed by atoms with Crippen LogP contribution < -0.4 is 14.4 Å². The second-order valence-corrected chi connectivity index (χ2v) is 7.58. The van der Waals surface area contributed by atoms with Crippen molar-refractivity contribution in [2.75, 3.05) is 29.8 Å². The molecule has 2 aromatic rings. The van der Waals surface area contributed by atoms with Crippen molar-refractivity contribution in [1.82, 2.24) is 0 Å². The highest BCUT2D eigenvalue weighted by Crippen LogP contribution is 2.35. The Labute approximate surface area is 141 Å². The number of fused-ring (bicyclic) bond motifs is 1. The number of aryl methyl sites for hydroxylation is 2. The molecule has 0 fully saturated rings. The summed E-state index contributed by atoms with van der Waals surface area (Å²) in [6.45, 7) is 4.60. The summed E-state index contributed by atoms with van der Waals surface area (Å²) in [7, 11) is -1.91. The highest BCUT2D eigenvalue weighted by molar-refractivity contribution is 7.92. The predicted molar refractivity (Wildman–Crippen MR) is 91.9 cm³/mol. The van der Waals surface area contributed by atoms with Crippen molar-refractivity contribution in [1.29, 1.82) is 0 Å². The van der Waals surface area contributed by atoms with Crippen LogP contribution >= 0.6 is 0 Å². The summed E-state index contributed by atoms with van der Waals surface area (Å²) in [5.74, 6) is 0.0760. The molecule has 0 atom stereocenters. The molecule has 0 aliphatic carbocycles. The average molecular weight is 350 g/mol. The first-order valence-electron chi connectivity index (χ1n) is 7.55. The average Bonchev–Trinajstić information content (AvgIpc) is 2.51. The van der Waals surface area contributed by atoms with E-state index < -0.39 is 15.8 Å². The number of sulfonamides is 1. The summed E-state index contributed by atoms with van der Waals surface area (Å²) in [5.41, 5.74) is 2.11. The SMILES string of the molecule is Cc1ccc(NS(=O)(=O)c2cc3c(cc2C)N(C)CCO3)cc1F. The Morgan fingerprint density at radius 1 is 1.17 bits per heavy atom. The molecule has 1 N–H and O–H groups in total. The largest absolute Gasteiger partial charge is 0.490 e. The number of hydrogen-bond donors (Lipinski definition) is 1. The van der Waals surface area contributed by atoms with E-state index in [0.29, 0.717) is 23.5 Å². The molecule has 1 aliphatic rings. The summed E-state index contributed by atoms with van der Waals surface area (Å²) >= 11 is 0. The molecule has 3 rings (SSSR count). The molecule has 0 amide bonds. The zero-order chi connectivity index (χ0) is 17.5. The molecule has 0 unspecified atom stereocenters. The van der Waals surface area contributed by atoms with E-state index in [2.05, 4.69) is 4.72 Å². The number of nitrogens with one attached hydrogen (secondary N) is 1. The lowest BCUT2D eigenvalue weighted by molar-refractivity contribution is 0.310. The first kappa shape index (κ1) is 16.6. The molecular formula is C17H19FN2O3S. The predicted octanol–water partition coefficient (Wildman–Crippen LogP) is 3.07. The van der Waals surface area contributed by atoms with Gasteiger partial charge in [0.2, 0.25) is 0 Å². The van der Waals surface area contributed by atoms with Crippen LogP contribution in [0, 0.1) is 19.7 Å². The van der Waals surface area contributed by atoms with Crippen LogP contribution in [-0.4, -0.2) is 28.6 Å². The lowest BCUT2D eigenvalue weighted by Crippen LogP contribution is -2.29. The molecule has 1 aliphatic heterocycles. The van der Waals surface area contributed by atoms with Gasteiger partial charge >= 0.3 is 0 Å². The van der Waals surface area contributed by atoms with E-state index in [9.17, 15) is 12.8 Å². The molecule has 7 heteroatoms. The molecule has 24 heavy (non-hydrogen) atoms. The molecule has 0 spiro atoms. The molecule has 0 bridgehead atoms. The summed E-state index contributed by atoms with van der Waals surface area (Å²) in [6, 6.07) is 7.55. The van der Waals surface area contributed by atoms with Gasteiger partial charge in [-0.1, -0.05) is 6.07 Å². The van der Waals surface area contributed by atoms with Crippen LogP contribution in [0.3, 0.4) is 0 Å². The monoisotopic (exact) mass is 350 g/mol. The minimum atomic E-state index is -3.84. The van der Waals surface area contributed by atoms with Gasteiger partial charge in [0.15, 0.2) is 0 Å². The van der Waals surface area contributed by atoms with E-state index in [1.165, 1.54) is 24.3 Å². The Bertz CT molecular complexity index is 897. The molecular weight excluding hydrogens is 331 g/mol. The maximum atomic E-state index is 13.6. The third-order valence-corrected chi connectivity index (χ3v) is 5.59. The van der Waals surface area contributed by atoms with Crippen LogP contribution in [0.4, 0.5) is 15.8 Å². The maximum absolute atomic E-state index is 13.6. The number of nitrogens with zero attached hydrogens (tertiary/aromatic N) is 1. The van der Waals surface area contributed by atoms with Gasteiger partial charge in [0.25, 0.3) is 10.0 Å². The van der Waals surface area contributed by atoms with Crippen molar-refractivity contribution >= 4 is 21.4 Å². The fourth-order valence-electron chi connectivity index (χ4n) is 2.64. The van der Waals surface area contributed by atoms with Gasteiger partial charge in [0, 0.05) is 13.1 Å². The van der Waals surface area contributed by atoms with Crippen molar-refractivity contribution in [2.45, 2.75) is 18.7 Å². The number of benzene rings is 2. The highest BCUT2D eigenvalue weighted by Gasteiger charge is 2.23. The molecule has 128 valence electrons. The second kappa shape index (κ2) is 5.98. The maximum Gasteiger partial charge on any atom is 0.262 e. The van der Waals surface area contributed by atoms with Crippen LogP contribution in [0.1, 0.15) is 11.1 Å². The molecule has 0 radical (unpaired) electrons. The third-order valence-electron chi connectivity index (χ3n) is 4.07. The van der Waals surface area contributed by atoms with Crippen LogP contribution in [0.5, 0.6) is 5.75 Å². The molecule has 0 aromatic heterocycles. The molecule has 5 nitrogen and oxygen atoms in total. The van der Waals surface area contributed by atoms with E-state index in [0.717, 1.165) is 12.2 Å². The summed E-state index contributed by atoms with van der Waals surface area (Å²) in [4.78, 5) is 2.14. The standard InChI is InChI=1S/C17H19FN2O3S/c1-11-4-5-13(9-14(11)18)19-24(21,22)17-10-16-15(8-12(17)2)20(3)6-7-23-16/h4-5,8-10,19H,6-7H2,1-3H3. The minimum absolute atomic E-state index is 0.123. The summed E-state index contributed by atoms with van der Waals surface area (Å²) < 4.78 is 47.0. The topological polar surface area (TPSA) is 58.6 Å². The number of rotatable bonds is 3. The van der Waals surface area contributed by atoms with Crippen LogP contribution in [0.15, 0.2) is 35.2 Å². The molecule has 2 aromatic carbocycles. The van der Waals surface area contributed by atoms with Crippen molar-refractivity contribution in [3.05, 3.63) is 47.3 Å². The van der Waals surface area contributed by atoms with Gasteiger partial charge in [-0.25, -0.2) is 12.8 Å². The van der Waals surface area contributed by atoms with Crippen LogP contribution in [-0.2, 0) is 10.0 Å². The van der Waals surface area contributed by atoms with Crippen molar-refractivity contribution in [3.63, 3.8) is 0 Å². The second-order valence-electron chi connectivity index (χ2n) is 5.92. The molecule has 0 saturated heterocycles. The van der Waals surface area contributed by atoms with Crippen LogP contribution in [0.2, 0.25) is 0 Å². The lowest BCUT2D eigenvalue weighted by atomic mass is 10.1. The summed E-state index contributed by atoms with van der Waals surface area (Å²) in [6.07, 6.45) is 0. The van der Waals surface area contributed by atoms with Crippen molar-refractivity contribution in [2.24, 2.45) is 0 Å². The Hall–Kier alpha value is -2.28. The fraction of sp³-hybridized carbons (Fsp3) is 0.294. The number of likely N-dealkylation sites (N-methyl/N-ethyl adjacent to an activating group) is 1. The first-order valence-corrected chi connectivity index (χ1v) is 9.04. The quantitative estimate of drug-likeness (QED) is 0.924. The van der Waals surface area contributed by atoms with Gasteiger partial charge in [-0.3, -0.25) is 4.72 Å². The Morgan fingerprint density at radius 3 is 2.62 bits per heavy atom. The molecule has 0 saturated carbocycles. The van der Waals surface area contributed by atoms with Gasteiger partial charge in [0.05, 0.1) is 22.8 Å². The third kappa shape index (κ3) is 3.03. The normalized spacial score (nSPS) is 14.1. The highest BCUT2D eigenvalue weighted by atomic mass is 32.2. The number of halogens is 1. The number of hydrogen-bond acceptors (Lipinski definition) is 4. The van der Waals surface area contributed by atoms with Gasteiger partial charge in [-0.15, -0.1) is 0 Å². The molecule has 1 heterocycles. The zero-order valence-corrected chi connectivity index (χ0v) is 14.6. The van der Waals surface area contributed by atoms with E-state index >= 15 is 0 Å². The van der Waals surface area contributed by atoms with Gasteiger partial charge < -0.3 is 9.64 Å². The van der Waals surface area contributed by atoms with Gasteiger partial charge in [-0.2, -0.15) is 0 Å². The van der Waals surface area contributed by atoms with Gasteiger partial charge in [-0.05, 0) is 43.2 Å². The van der Waals surface area contributed by atoms with E-state index in [-0.39, 0.29) is 10.6 Å².